The second kappa shape index (κ2) is 7.40. The molecule has 0 aliphatic rings. The van der Waals surface area contributed by atoms with Crippen molar-refractivity contribution < 1.29 is 0 Å². The van der Waals surface area contributed by atoms with E-state index >= 15 is 0 Å². The molecule has 74 valence electrons. The summed E-state index contributed by atoms with van der Waals surface area (Å²) in [4.78, 5) is 1.45. The molecule has 1 heterocycles. The van der Waals surface area contributed by atoms with Gasteiger partial charge in [-0.1, -0.05) is 6.07 Å². The third-order valence-electron chi connectivity index (χ3n) is 1.47. The summed E-state index contributed by atoms with van der Waals surface area (Å²) in [5.41, 5.74) is 0. The van der Waals surface area contributed by atoms with E-state index in [0.29, 0.717) is 4.58 Å². The maximum atomic E-state index is 4.23. The topological polar surface area (TPSA) is 0 Å². The number of hydrogen-bond donors (Lipinski definition) is 2. The number of thiophene rings is 1. The van der Waals surface area contributed by atoms with Crippen LogP contribution in [0.5, 0.6) is 0 Å². The summed E-state index contributed by atoms with van der Waals surface area (Å²) < 4.78 is 0.605. The lowest BCUT2D eigenvalue weighted by Gasteiger charge is -2.12. The minimum atomic E-state index is 0.605. The maximum Gasteiger partial charge on any atom is 0.0567 e. The molecule has 0 saturated carbocycles. The molecule has 0 spiro atoms. The monoisotopic (exact) mass is 268 g/mol. The fourth-order valence-electron chi connectivity index (χ4n) is 0.925. The van der Waals surface area contributed by atoms with Gasteiger partial charge in [-0.05, 0) is 11.4 Å². The first-order valence-corrected chi connectivity index (χ1v) is 8.08. The molecular formula is C8H12S5. The van der Waals surface area contributed by atoms with Gasteiger partial charge in [0.05, 0.1) is 4.58 Å². The average Bonchev–Trinajstić information content (AvgIpc) is 2.58. The van der Waals surface area contributed by atoms with Crippen LogP contribution in [-0.2, 0) is 6.42 Å². The predicted molar refractivity (Wildman–Crippen MR) is 74.7 cm³/mol. The van der Waals surface area contributed by atoms with Gasteiger partial charge in [-0.3, -0.25) is 0 Å². The standard InChI is InChI=1S/C8H12S5/c9-5-12-8(13-6-10)4-7-2-1-3-11-7/h1-3,8-10H,4-6H2. The van der Waals surface area contributed by atoms with Crippen LogP contribution in [0.25, 0.3) is 0 Å². The van der Waals surface area contributed by atoms with E-state index in [1.54, 1.807) is 0 Å². The average molecular weight is 269 g/mol. The number of hydrogen-bond acceptors (Lipinski definition) is 5. The molecular weight excluding hydrogens is 256 g/mol. The Morgan fingerprint density at radius 1 is 1.31 bits per heavy atom. The number of thiol groups is 2. The van der Waals surface area contributed by atoms with Gasteiger partial charge in [-0.2, -0.15) is 25.3 Å². The minimum absolute atomic E-state index is 0.605. The summed E-state index contributed by atoms with van der Waals surface area (Å²) in [6.07, 6.45) is 1.13. The molecule has 0 bridgehead atoms. The van der Waals surface area contributed by atoms with Crippen molar-refractivity contribution in [2.24, 2.45) is 0 Å². The lowest BCUT2D eigenvalue weighted by atomic mass is 10.4. The fraction of sp³-hybridized carbons (Fsp3) is 0.500. The van der Waals surface area contributed by atoms with Gasteiger partial charge in [0, 0.05) is 21.5 Å². The van der Waals surface area contributed by atoms with Crippen molar-refractivity contribution >= 4 is 60.1 Å². The maximum absolute atomic E-state index is 4.23. The van der Waals surface area contributed by atoms with Crippen molar-refractivity contribution in [3.63, 3.8) is 0 Å². The quantitative estimate of drug-likeness (QED) is 0.594. The zero-order valence-corrected chi connectivity index (χ0v) is 11.3. The molecule has 1 aromatic heterocycles. The van der Waals surface area contributed by atoms with Crippen LogP contribution in [0.15, 0.2) is 17.5 Å². The van der Waals surface area contributed by atoms with Crippen molar-refractivity contribution in [1.29, 1.82) is 0 Å². The van der Waals surface area contributed by atoms with Crippen molar-refractivity contribution in [2.45, 2.75) is 11.0 Å². The molecule has 0 amide bonds. The zero-order chi connectivity index (χ0) is 9.52. The Morgan fingerprint density at radius 2 is 2.00 bits per heavy atom. The zero-order valence-electron chi connectivity index (χ0n) is 7.05. The van der Waals surface area contributed by atoms with Crippen molar-refractivity contribution in [3.8, 4) is 0 Å². The SMILES string of the molecule is SCSC(Cc1cccs1)SCS. The summed E-state index contributed by atoms with van der Waals surface area (Å²) in [7, 11) is 0. The first-order chi connectivity index (χ1) is 6.36. The number of thioether (sulfide) groups is 2. The smallest absolute Gasteiger partial charge is 0.0567 e. The van der Waals surface area contributed by atoms with Gasteiger partial charge >= 0.3 is 0 Å². The molecule has 0 aromatic carbocycles. The molecule has 5 heteroatoms. The number of rotatable bonds is 6. The summed E-state index contributed by atoms with van der Waals surface area (Å²) in [5, 5.41) is 3.90. The van der Waals surface area contributed by atoms with Crippen LogP contribution in [0.4, 0.5) is 0 Å². The van der Waals surface area contributed by atoms with Gasteiger partial charge in [0.1, 0.15) is 0 Å². The Morgan fingerprint density at radius 3 is 2.46 bits per heavy atom. The molecule has 0 aliphatic heterocycles. The van der Waals surface area contributed by atoms with Crippen LogP contribution in [0.1, 0.15) is 4.88 Å². The van der Waals surface area contributed by atoms with Crippen LogP contribution >= 0.6 is 60.1 Å². The highest BCUT2D eigenvalue weighted by molar-refractivity contribution is 8.23. The Kier molecular flexibility index (Phi) is 6.93. The molecule has 0 radical (unpaired) electrons. The van der Waals surface area contributed by atoms with Gasteiger partial charge in [0.25, 0.3) is 0 Å². The van der Waals surface area contributed by atoms with E-state index in [4.69, 9.17) is 0 Å². The molecule has 0 saturated heterocycles. The van der Waals surface area contributed by atoms with Crippen LogP contribution in [-0.4, -0.2) is 14.8 Å². The molecule has 1 rings (SSSR count). The third-order valence-corrected chi connectivity index (χ3v) is 5.45. The van der Waals surface area contributed by atoms with Crippen LogP contribution in [0.3, 0.4) is 0 Å². The van der Waals surface area contributed by atoms with Gasteiger partial charge in [-0.15, -0.1) is 34.9 Å². The molecule has 0 nitrogen and oxygen atoms in total. The lowest BCUT2D eigenvalue weighted by molar-refractivity contribution is 1.15. The largest absolute Gasteiger partial charge is 0.168 e. The second-order valence-electron chi connectivity index (χ2n) is 2.30. The molecule has 1 aromatic rings. The lowest BCUT2D eigenvalue weighted by Crippen LogP contribution is -2.00. The molecule has 0 atom stereocenters. The summed E-state index contributed by atoms with van der Waals surface area (Å²) in [5.74, 6) is 0. The van der Waals surface area contributed by atoms with Crippen molar-refractivity contribution in [2.75, 3.05) is 10.2 Å². The van der Waals surface area contributed by atoms with Crippen molar-refractivity contribution in [3.05, 3.63) is 22.4 Å². The summed E-state index contributed by atoms with van der Waals surface area (Å²) in [6, 6.07) is 4.30. The molecule has 0 N–H and O–H groups in total. The van der Waals surface area contributed by atoms with E-state index in [9.17, 15) is 0 Å². The molecule has 0 unspecified atom stereocenters. The normalized spacial score (nSPS) is 11.0. The van der Waals surface area contributed by atoms with Crippen molar-refractivity contribution in [1.82, 2.24) is 0 Å². The fourth-order valence-corrected chi connectivity index (χ4v) is 5.29. The minimum Gasteiger partial charge on any atom is -0.168 e. The highest BCUT2D eigenvalue weighted by atomic mass is 32.2. The summed E-state index contributed by atoms with van der Waals surface area (Å²) in [6.45, 7) is 0. The molecule has 0 fully saturated rings. The predicted octanol–water partition coefficient (Wildman–Crippen LogP) is 3.86. The van der Waals surface area contributed by atoms with Gasteiger partial charge in [0.2, 0.25) is 0 Å². The highest BCUT2D eigenvalue weighted by Crippen LogP contribution is 2.29. The molecule has 0 aliphatic carbocycles. The molecule has 13 heavy (non-hydrogen) atoms. The van der Waals surface area contributed by atoms with Crippen LogP contribution in [0.2, 0.25) is 0 Å². The Balaban J connectivity index is 2.37. The van der Waals surface area contributed by atoms with Crippen LogP contribution in [0, 0.1) is 0 Å². The van der Waals surface area contributed by atoms with E-state index < -0.39 is 0 Å². The van der Waals surface area contributed by atoms with Gasteiger partial charge < -0.3 is 0 Å². The first kappa shape index (κ1) is 12.2. The first-order valence-electron chi connectivity index (χ1n) is 3.84. The van der Waals surface area contributed by atoms with E-state index in [2.05, 4.69) is 42.8 Å². The van der Waals surface area contributed by atoms with E-state index in [-0.39, 0.29) is 0 Å². The van der Waals surface area contributed by atoms with Crippen LogP contribution < -0.4 is 0 Å². The second-order valence-corrected chi connectivity index (χ2v) is 7.51. The Labute approximate surface area is 103 Å². The van der Waals surface area contributed by atoms with E-state index in [0.717, 1.165) is 16.6 Å². The Hall–Kier alpha value is 1.10. The summed E-state index contributed by atoms with van der Waals surface area (Å²) >= 11 is 14.1. The van der Waals surface area contributed by atoms with Gasteiger partial charge in [-0.25, -0.2) is 0 Å². The van der Waals surface area contributed by atoms with Gasteiger partial charge in [0.15, 0.2) is 0 Å². The van der Waals surface area contributed by atoms with E-state index in [1.165, 1.54) is 4.88 Å². The third kappa shape index (κ3) is 4.93. The highest BCUT2D eigenvalue weighted by Gasteiger charge is 2.09. The van der Waals surface area contributed by atoms with E-state index in [1.807, 2.05) is 34.9 Å². The Bertz CT molecular complexity index is 202.